The van der Waals surface area contributed by atoms with Gasteiger partial charge in [-0.05, 0) is 24.3 Å². The Balaban J connectivity index is 1.94. The van der Waals surface area contributed by atoms with Crippen molar-refractivity contribution in [1.82, 2.24) is 15.1 Å². The number of anilines is 2. The second kappa shape index (κ2) is 6.10. The van der Waals surface area contributed by atoms with Gasteiger partial charge in [-0.2, -0.15) is 5.10 Å². The lowest BCUT2D eigenvalue weighted by Gasteiger charge is -2.10. The molecule has 0 aliphatic heterocycles. The molecule has 6 nitrogen and oxygen atoms in total. The first-order valence-corrected chi connectivity index (χ1v) is 6.44. The molecule has 0 fully saturated rings. The van der Waals surface area contributed by atoms with E-state index in [-0.39, 0.29) is 5.91 Å². The number of hydrogen-bond acceptors (Lipinski definition) is 4. The average Bonchev–Trinajstić information content (AvgIpc) is 2.85. The summed E-state index contributed by atoms with van der Waals surface area (Å²) in [4.78, 5) is 11.5. The SMILES string of the molecule is CNC(=O)c1ccc(NCCc2ccn(C)n2)c(N)c1. The van der Waals surface area contributed by atoms with E-state index in [4.69, 9.17) is 5.73 Å². The molecule has 1 heterocycles. The van der Waals surface area contributed by atoms with Crippen molar-refractivity contribution in [2.24, 2.45) is 7.05 Å². The van der Waals surface area contributed by atoms with Gasteiger partial charge in [0, 0.05) is 38.8 Å². The van der Waals surface area contributed by atoms with E-state index in [0.717, 1.165) is 24.3 Å². The fraction of sp³-hybridized carbons (Fsp3) is 0.286. The number of benzene rings is 1. The molecule has 4 N–H and O–H groups in total. The van der Waals surface area contributed by atoms with Crippen LogP contribution in [0.3, 0.4) is 0 Å². The van der Waals surface area contributed by atoms with Crippen LogP contribution >= 0.6 is 0 Å². The lowest BCUT2D eigenvalue weighted by atomic mass is 10.1. The summed E-state index contributed by atoms with van der Waals surface area (Å²) in [5.74, 6) is -0.142. The van der Waals surface area contributed by atoms with Crippen LogP contribution in [-0.2, 0) is 13.5 Å². The van der Waals surface area contributed by atoms with Crippen LogP contribution in [0.1, 0.15) is 16.1 Å². The summed E-state index contributed by atoms with van der Waals surface area (Å²) in [7, 11) is 3.49. The number of carbonyl (C=O) groups excluding carboxylic acids is 1. The second-order valence-electron chi connectivity index (χ2n) is 4.54. The molecule has 0 saturated carbocycles. The molecule has 0 bridgehead atoms. The van der Waals surface area contributed by atoms with E-state index in [1.807, 2.05) is 25.4 Å². The zero-order chi connectivity index (χ0) is 14.5. The fourth-order valence-corrected chi connectivity index (χ4v) is 1.93. The predicted molar refractivity (Wildman–Crippen MR) is 79.6 cm³/mol. The van der Waals surface area contributed by atoms with Gasteiger partial charge in [-0.3, -0.25) is 9.48 Å². The van der Waals surface area contributed by atoms with Gasteiger partial charge in [0.05, 0.1) is 17.1 Å². The second-order valence-corrected chi connectivity index (χ2v) is 4.54. The molecule has 1 aromatic heterocycles. The largest absolute Gasteiger partial charge is 0.397 e. The summed E-state index contributed by atoms with van der Waals surface area (Å²) in [6.45, 7) is 0.737. The van der Waals surface area contributed by atoms with Crippen LogP contribution in [-0.4, -0.2) is 29.3 Å². The smallest absolute Gasteiger partial charge is 0.251 e. The van der Waals surface area contributed by atoms with Crippen LogP contribution < -0.4 is 16.4 Å². The zero-order valence-corrected chi connectivity index (χ0v) is 11.7. The number of rotatable bonds is 5. The maximum Gasteiger partial charge on any atom is 0.251 e. The standard InChI is InChI=1S/C14H19N5O/c1-16-14(20)10-3-4-13(12(15)9-10)17-7-5-11-6-8-19(2)18-11/h3-4,6,8-9,17H,5,7,15H2,1-2H3,(H,16,20). The topological polar surface area (TPSA) is 85.0 Å². The maximum absolute atomic E-state index is 11.5. The van der Waals surface area contributed by atoms with E-state index in [9.17, 15) is 4.79 Å². The molecule has 0 aliphatic carbocycles. The molecular weight excluding hydrogens is 254 g/mol. The molecule has 106 valence electrons. The number of carbonyl (C=O) groups is 1. The lowest BCUT2D eigenvalue weighted by Crippen LogP contribution is -2.18. The quantitative estimate of drug-likeness (QED) is 0.710. The number of amides is 1. The average molecular weight is 273 g/mol. The Morgan fingerprint density at radius 3 is 2.80 bits per heavy atom. The highest BCUT2D eigenvalue weighted by atomic mass is 16.1. The van der Waals surface area contributed by atoms with Crippen LogP contribution in [0.25, 0.3) is 0 Å². The highest BCUT2D eigenvalue weighted by molar-refractivity contribution is 5.95. The predicted octanol–water partition coefficient (Wildman–Crippen LogP) is 1.02. The minimum Gasteiger partial charge on any atom is -0.397 e. The first-order chi connectivity index (χ1) is 9.60. The Hall–Kier alpha value is -2.50. The molecule has 2 aromatic rings. The van der Waals surface area contributed by atoms with E-state index >= 15 is 0 Å². The Bertz CT molecular complexity index is 605. The third-order valence-electron chi connectivity index (χ3n) is 3.01. The number of nitrogens with two attached hydrogens (primary N) is 1. The molecular formula is C14H19N5O. The Morgan fingerprint density at radius 2 is 2.20 bits per heavy atom. The molecule has 2 rings (SSSR count). The van der Waals surface area contributed by atoms with Crippen LogP contribution in [0.15, 0.2) is 30.5 Å². The minimum absolute atomic E-state index is 0.142. The Kier molecular flexibility index (Phi) is 4.24. The monoisotopic (exact) mass is 273 g/mol. The van der Waals surface area contributed by atoms with E-state index in [2.05, 4.69) is 15.7 Å². The van der Waals surface area contributed by atoms with Gasteiger partial charge < -0.3 is 16.4 Å². The molecule has 0 radical (unpaired) electrons. The Morgan fingerprint density at radius 1 is 1.40 bits per heavy atom. The lowest BCUT2D eigenvalue weighted by molar-refractivity contribution is 0.0963. The number of nitrogens with zero attached hydrogens (tertiary/aromatic N) is 2. The van der Waals surface area contributed by atoms with Gasteiger partial charge in [-0.15, -0.1) is 0 Å². The summed E-state index contributed by atoms with van der Waals surface area (Å²) in [6.07, 6.45) is 2.74. The van der Waals surface area contributed by atoms with Crippen molar-refractivity contribution in [2.75, 3.05) is 24.6 Å². The number of nitrogen functional groups attached to an aromatic ring is 1. The first-order valence-electron chi connectivity index (χ1n) is 6.44. The van der Waals surface area contributed by atoms with E-state index < -0.39 is 0 Å². The van der Waals surface area contributed by atoms with Crippen molar-refractivity contribution in [1.29, 1.82) is 0 Å². The molecule has 0 aliphatic rings. The van der Waals surface area contributed by atoms with Crippen molar-refractivity contribution in [3.8, 4) is 0 Å². The summed E-state index contributed by atoms with van der Waals surface area (Å²) < 4.78 is 1.78. The number of nitrogens with one attached hydrogen (secondary N) is 2. The first kappa shape index (κ1) is 13.9. The Labute approximate surface area is 118 Å². The van der Waals surface area contributed by atoms with Crippen molar-refractivity contribution in [2.45, 2.75) is 6.42 Å². The van der Waals surface area contributed by atoms with Crippen molar-refractivity contribution >= 4 is 17.3 Å². The van der Waals surface area contributed by atoms with Gasteiger partial charge in [0.2, 0.25) is 0 Å². The van der Waals surface area contributed by atoms with Crippen molar-refractivity contribution < 1.29 is 4.79 Å². The van der Waals surface area contributed by atoms with Crippen molar-refractivity contribution in [3.63, 3.8) is 0 Å². The maximum atomic E-state index is 11.5. The number of aromatic nitrogens is 2. The molecule has 0 saturated heterocycles. The van der Waals surface area contributed by atoms with Crippen LogP contribution in [0, 0.1) is 0 Å². The number of aryl methyl sites for hydroxylation is 1. The van der Waals surface area contributed by atoms with Gasteiger partial charge in [-0.25, -0.2) is 0 Å². The van der Waals surface area contributed by atoms with E-state index in [0.29, 0.717) is 11.3 Å². The molecule has 1 aromatic carbocycles. The van der Waals surface area contributed by atoms with E-state index in [1.165, 1.54) is 0 Å². The van der Waals surface area contributed by atoms with Gasteiger partial charge in [0.15, 0.2) is 0 Å². The van der Waals surface area contributed by atoms with Gasteiger partial charge in [-0.1, -0.05) is 0 Å². The molecule has 20 heavy (non-hydrogen) atoms. The third-order valence-corrected chi connectivity index (χ3v) is 3.01. The van der Waals surface area contributed by atoms with Crippen LogP contribution in [0.5, 0.6) is 0 Å². The highest BCUT2D eigenvalue weighted by Gasteiger charge is 2.06. The molecule has 0 atom stereocenters. The van der Waals surface area contributed by atoms with Gasteiger partial charge in [0.1, 0.15) is 0 Å². The van der Waals surface area contributed by atoms with Crippen LogP contribution in [0.4, 0.5) is 11.4 Å². The van der Waals surface area contributed by atoms with Crippen molar-refractivity contribution in [3.05, 3.63) is 41.7 Å². The van der Waals surface area contributed by atoms with Gasteiger partial charge >= 0.3 is 0 Å². The molecule has 0 spiro atoms. The molecule has 1 amide bonds. The van der Waals surface area contributed by atoms with E-state index in [1.54, 1.807) is 23.9 Å². The fourth-order valence-electron chi connectivity index (χ4n) is 1.93. The summed E-state index contributed by atoms with van der Waals surface area (Å²) in [6, 6.07) is 7.22. The zero-order valence-electron chi connectivity index (χ0n) is 11.7. The summed E-state index contributed by atoms with van der Waals surface area (Å²) >= 11 is 0. The van der Waals surface area contributed by atoms with Crippen LogP contribution in [0.2, 0.25) is 0 Å². The van der Waals surface area contributed by atoms with Gasteiger partial charge in [0.25, 0.3) is 5.91 Å². The minimum atomic E-state index is -0.142. The third kappa shape index (κ3) is 3.28. The normalized spacial score (nSPS) is 10.3. The summed E-state index contributed by atoms with van der Waals surface area (Å²) in [5, 5.41) is 10.1. The highest BCUT2D eigenvalue weighted by Crippen LogP contribution is 2.19. The number of hydrogen-bond donors (Lipinski definition) is 3. The summed E-state index contributed by atoms with van der Waals surface area (Å²) in [5.41, 5.74) is 8.91. The molecule has 0 unspecified atom stereocenters. The molecule has 6 heteroatoms.